The van der Waals surface area contributed by atoms with Crippen LogP contribution in [-0.4, -0.2) is 41.4 Å². The Morgan fingerprint density at radius 2 is 1.97 bits per heavy atom. The van der Waals surface area contributed by atoms with E-state index in [1.54, 1.807) is 31.2 Å². The van der Waals surface area contributed by atoms with Crippen molar-refractivity contribution in [3.63, 3.8) is 0 Å². The number of carbonyl (C=O) groups excluding carboxylic acids is 2. The molecule has 0 saturated heterocycles. The number of thioether (sulfide) groups is 1. The molecule has 0 amide bonds. The van der Waals surface area contributed by atoms with E-state index in [-0.39, 0.29) is 12.2 Å². The van der Waals surface area contributed by atoms with Crippen molar-refractivity contribution < 1.29 is 19.1 Å². The lowest BCUT2D eigenvalue weighted by Gasteiger charge is -2.28. The molecule has 3 rings (SSSR count). The number of H-pyrrole nitrogens is 1. The molecule has 0 fully saturated rings. The monoisotopic (exact) mass is 455 g/mol. The molecule has 168 valence electrons. The summed E-state index contributed by atoms with van der Waals surface area (Å²) in [5, 5.41) is 3.61. The van der Waals surface area contributed by atoms with E-state index in [0.717, 1.165) is 12.2 Å². The molecule has 0 aliphatic carbocycles. The number of benzene rings is 1. The van der Waals surface area contributed by atoms with Crippen LogP contribution in [0.5, 0.6) is 0 Å². The third-order valence-corrected chi connectivity index (χ3v) is 5.96. The first kappa shape index (κ1) is 23.3. The van der Waals surface area contributed by atoms with Gasteiger partial charge in [0.1, 0.15) is 12.4 Å². The van der Waals surface area contributed by atoms with Crippen molar-refractivity contribution >= 4 is 29.5 Å². The van der Waals surface area contributed by atoms with Gasteiger partial charge in [0, 0.05) is 11.4 Å². The van der Waals surface area contributed by atoms with Crippen LogP contribution in [0, 0.1) is 0 Å². The Bertz CT molecular complexity index is 1120. The van der Waals surface area contributed by atoms with Crippen LogP contribution < -0.4 is 10.9 Å². The van der Waals surface area contributed by atoms with E-state index >= 15 is 0 Å². The van der Waals surface area contributed by atoms with Crippen LogP contribution in [0.15, 0.2) is 58.1 Å². The third kappa shape index (κ3) is 4.77. The smallest absolute Gasteiger partial charge is 0.337 e. The standard InChI is InChI=1S/C23H25N3O5S/c1-5-11-31-22(29)16-13(3)24-19-18(20(27)26-23(25-19)32-12-6-2)17(16)14-7-9-15(10-8-14)21(28)30-4/h5,7-10,17H,1,6,11-12H2,2-4H3,(H2,24,25,26,27)/t17-/m0/s1. The van der Waals surface area contributed by atoms with Gasteiger partial charge in [-0.15, -0.1) is 0 Å². The minimum atomic E-state index is -0.725. The second kappa shape index (κ2) is 10.3. The number of fused-ring (bicyclic) bond motifs is 1. The van der Waals surface area contributed by atoms with Crippen LogP contribution in [0.2, 0.25) is 0 Å². The van der Waals surface area contributed by atoms with Gasteiger partial charge >= 0.3 is 11.9 Å². The highest BCUT2D eigenvalue weighted by molar-refractivity contribution is 7.99. The lowest BCUT2D eigenvalue weighted by molar-refractivity contribution is -0.138. The Labute approximate surface area is 190 Å². The predicted octanol–water partition coefficient (Wildman–Crippen LogP) is 3.62. The molecule has 2 N–H and O–H groups in total. The maximum Gasteiger partial charge on any atom is 0.337 e. The van der Waals surface area contributed by atoms with Crippen LogP contribution >= 0.6 is 11.8 Å². The normalized spacial score (nSPS) is 14.9. The molecule has 2 heterocycles. The van der Waals surface area contributed by atoms with Gasteiger partial charge in [-0.3, -0.25) is 4.79 Å². The lowest BCUT2D eigenvalue weighted by Crippen LogP contribution is -2.31. The minimum Gasteiger partial charge on any atom is -0.465 e. The molecule has 0 saturated carbocycles. The van der Waals surface area contributed by atoms with Crippen LogP contribution in [-0.2, 0) is 14.3 Å². The number of methoxy groups -OCH3 is 1. The van der Waals surface area contributed by atoms with E-state index in [1.165, 1.54) is 24.9 Å². The van der Waals surface area contributed by atoms with E-state index in [9.17, 15) is 14.4 Å². The van der Waals surface area contributed by atoms with E-state index < -0.39 is 17.9 Å². The van der Waals surface area contributed by atoms with Gasteiger partial charge in [-0.1, -0.05) is 43.5 Å². The van der Waals surface area contributed by atoms with Crippen molar-refractivity contribution in [2.24, 2.45) is 0 Å². The summed E-state index contributed by atoms with van der Waals surface area (Å²) in [5.41, 5.74) is 1.81. The molecule has 1 atom stereocenters. The van der Waals surface area contributed by atoms with Crippen molar-refractivity contribution in [3.05, 3.63) is 75.2 Å². The second-order valence-corrected chi connectivity index (χ2v) is 8.16. The van der Waals surface area contributed by atoms with Crippen molar-refractivity contribution in [3.8, 4) is 0 Å². The molecule has 1 aromatic carbocycles. The average Bonchev–Trinajstić information content (AvgIpc) is 2.79. The molecular formula is C23H25N3O5S. The Morgan fingerprint density at radius 1 is 1.25 bits per heavy atom. The van der Waals surface area contributed by atoms with Crippen molar-refractivity contribution in [1.29, 1.82) is 0 Å². The summed E-state index contributed by atoms with van der Waals surface area (Å²) in [6, 6.07) is 6.58. The average molecular weight is 456 g/mol. The van der Waals surface area contributed by atoms with Gasteiger partial charge < -0.3 is 19.8 Å². The first-order chi connectivity index (χ1) is 15.4. The van der Waals surface area contributed by atoms with Gasteiger partial charge in [-0.05, 0) is 31.0 Å². The van der Waals surface area contributed by atoms with Gasteiger partial charge in [-0.25, -0.2) is 14.6 Å². The number of nitrogens with zero attached hydrogens (tertiary/aromatic N) is 1. The second-order valence-electron chi connectivity index (χ2n) is 7.08. The Kier molecular flexibility index (Phi) is 7.53. The fourth-order valence-corrected chi connectivity index (χ4v) is 4.16. The number of hydrogen-bond donors (Lipinski definition) is 2. The third-order valence-electron chi connectivity index (χ3n) is 4.88. The number of ether oxygens (including phenoxy) is 2. The summed E-state index contributed by atoms with van der Waals surface area (Å²) in [4.78, 5) is 45.3. The van der Waals surface area contributed by atoms with E-state index in [2.05, 4.69) is 21.9 Å². The first-order valence-corrected chi connectivity index (χ1v) is 11.1. The highest BCUT2D eigenvalue weighted by atomic mass is 32.2. The molecule has 2 aromatic rings. The lowest BCUT2D eigenvalue weighted by atomic mass is 9.82. The minimum absolute atomic E-state index is 0.0394. The fraction of sp³-hybridized carbons (Fsp3) is 0.304. The molecule has 0 bridgehead atoms. The SMILES string of the molecule is C=CCOC(=O)C1=C(C)Nc2nc(SCCC)[nH]c(=O)c2[C@H]1c1ccc(C(=O)OC)cc1. The summed E-state index contributed by atoms with van der Waals surface area (Å²) in [6.07, 6.45) is 2.41. The number of nitrogens with one attached hydrogen (secondary N) is 2. The van der Waals surface area contributed by atoms with E-state index in [4.69, 9.17) is 9.47 Å². The summed E-state index contributed by atoms with van der Waals surface area (Å²) >= 11 is 1.45. The molecule has 1 aliphatic rings. The molecule has 32 heavy (non-hydrogen) atoms. The Balaban J connectivity index is 2.14. The predicted molar refractivity (Wildman–Crippen MR) is 123 cm³/mol. The van der Waals surface area contributed by atoms with E-state index in [0.29, 0.717) is 38.9 Å². The number of esters is 2. The largest absolute Gasteiger partial charge is 0.465 e. The van der Waals surface area contributed by atoms with Gasteiger partial charge in [0.15, 0.2) is 5.16 Å². The number of allylic oxidation sites excluding steroid dienone is 1. The number of hydrogen-bond acceptors (Lipinski definition) is 8. The molecule has 1 aromatic heterocycles. The zero-order valence-electron chi connectivity index (χ0n) is 18.2. The van der Waals surface area contributed by atoms with E-state index in [1.807, 2.05) is 6.92 Å². The zero-order chi connectivity index (χ0) is 23.3. The molecule has 8 nitrogen and oxygen atoms in total. The molecule has 0 radical (unpaired) electrons. The molecule has 0 unspecified atom stereocenters. The number of aromatic nitrogens is 2. The van der Waals surface area contributed by atoms with Crippen LogP contribution in [0.25, 0.3) is 0 Å². The number of anilines is 1. The number of carbonyl (C=O) groups is 2. The van der Waals surface area contributed by atoms with Crippen molar-refractivity contribution in [1.82, 2.24) is 9.97 Å². The van der Waals surface area contributed by atoms with Crippen LogP contribution in [0.4, 0.5) is 5.82 Å². The molecule has 9 heteroatoms. The summed E-state index contributed by atoms with van der Waals surface area (Å²) in [6.45, 7) is 7.40. The highest BCUT2D eigenvalue weighted by Crippen LogP contribution is 2.40. The zero-order valence-corrected chi connectivity index (χ0v) is 19.0. The quantitative estimate of drug-likeness (QED) is 0.269. The fourth-order valence-electron chi connectivity index (χ4n) is 3.44. The van der Waals surface area contributed by atoms with Gasteiger partial charge in [0.05, 0.1) is 29.7 Å². The first-order valence-electron chi connectivity index (χ1n) is 10.1. The molecule has 0 spiro atoms. The molecule has 1 aliphatic heterocycles. The number of aromatic amines is 1. The van der Waals surface area contributed by atoms with Crippen LogP contribution in [0.1, 0.15) is 47.7 Å². The van der Waals surface area contributed by atoms with Gasteiger partial charge in [-0.2, -0.15) is 0 Å². The maximum absolute atomic E-state index is 13.1. The summed E-state index contributed by atoms with van der Waals surface area (Å²) in [5.74, 6) is -0.555. The Hall–Kier alpha value is -3.33. The highest BCUT2D eigenvalue weighted by Gasteiger charge is 2.36. The van der Waals surface area contributed by atoms with Gasteiger partial charge in [0.2, 0.25) is 0 Å². The topological polar surface area (TPSA) is 110 Å². The van der Waals surface area contributed by atoms with Crippen molar-refractivity contribution in [2.75, 3.05) is 24.8 Å². The Morgan fingerprint density at radius 3 is 2.59 bits per heavy atom. The number of rotatable bonds is 8. The summed E-state index contributed by atoms with van der Waals surface area (Å²) in [7, 11) is 1.30. The van der Waals surface area contributed by atoms with Crippen molar-refractivity contribution in [2.45, 2.75) is 31.3 Å². The molecular weight excluding hydrogens is 430 g/mol. The van der Waals surface area contributed by atoms with Crippen LogP contribution in [0.3, 0.4) is 0 Å². The maximum atomic E-state index is 13.1. The summed E-state index contributed by atoms with van der Waals surface area (Å²) < 4.78 is 10.1. The van der Waals surface area contributed by atoms with Gasteiger partial charge in [0.25, 0.3) is 5.56 Å².